The number of Topliss-reactive ketones (excluding diaryl/α,β-unsaturated/α-hetero) is 1. The number of allylic oxidation sites excluding steroid dienone is 4. The van der Waals surface area contributed by atoms with Crippen LogP contribution in [0, 0.1) is 17.3 Å². The number of aliphatic hydroxyl groups is 1. The molecule has 0 heterocycles. The summed E-state index contributed by atoms with van der Waals surface area (Å²) in [6.07, 6.45) is -2.90. The van der Waals surface area contributed by atoms with Crippen molar-refractivity contribution in [2.24, 2.45) is 17.3 Å². The zero-order valence-electron chi connectivity index (χ0n) is 20.2. The van der Waals surface area contributed by atoms with Crippen LogP contribution in [0.1, 0.15) is 80.6 Å². The quantitative estimate of drug-likeness (QED) is 0.364. The first-order chi connectivity index (χ1) is 16.7. The molecule has 1 N–H and O–H groups in total. The zero-order chi connectivity index (χ0) is 26.3. The monoisotopic (exact) mass is 508 g/mol. The molecule has 5 rings (SSSR count). The topological polar surface area (TPSA) is 54.4 Å². The Morgan fingerprint density at radius 2 is 1.69 bits per heavy atom. The fraction of sp³-hybridized carbons (Fsp3) is 0.571. The molecule has 0 aliphatic heterocycles. The summed E-state index contributed by atoms with van der Waals surface area (Å²) >= 11 is 0. The second-order valence-electron chi connectivity index (χ2n) is 11.1. The summed E-state index contributed by atoms with van der Waals surface area (Å²) in [5.74, 6) is -6.66. The normalized spacial score (nSPS) is 34.6. The van der Waals surface area contributed by atoms with E-state index in [-0.39, 0.29) is 30.3 Å². The average molecular weight is 509 g/mol. The SMILES string of the molecule is CC(=O)c1ccc([C@H]2C[C@@]3(C)C(CC[C@@]3(O)C(F)(F)C(F)(F)F)C3CCC4=CC(=O)CCC4=C32)cc1. The van der Waals surface area contributed by atoms with Crippen LogP contribution in [0.2, 0.25) is 0 Å². The minimum Gasteiger partial charge on any atom is -0.383 e. The molecule has 2 fully saturated rings. The first-order valence-electron chi connectivity index (χ1n) is 12.5. The second-order valence-corrected chi connectivity index (χ2v) is 11.1. The van der Waals surface area contributed by atoms with Crippen molar-refractivity contribution in [1.82, 2.24) is 0 Å². The molecular formula is C28H29F5O3. The molecule has 0 amide bonds. The van der Waals surface area contributed by atoms with Gasteiger partial charge in [0.25, 0.3) is 0 Å². The van der Waals surface area contributed by atoms with Crippen LogP contribution in [0.15, 0.2) is 47.1 Å². The van der Waals surface area contributed by atoms with Crippen molar-refractivity contribution in [1.29, 1.82) is 0 Å². The Kier molecular flexibility index (Phi) is 5.67. The van der Waals surface area contributed by atoms with Gasteiger partial charge in [0.15, 0.2) is 11.6 Å². The van der Waals surface area contributed by atoms with Crippen LogP contribution in [0.5, 0.6) is 0 Å². The van der Waals surface area contributed by atoms with Gasteiger partial charge in [0.05, 0.1) is 0 Å². The van der Waals surface area contributed by atoms with Crippen molar-refractivity contribution >= 4 is 11.6 Å². The van der Waals surface area contributed by atoms with Gasteiger partial charge in [0.2, 0.25) is 0 Å². The smallest absolute Gasteiger partial charge is 0.383 e. The summed E-state index contributed by atoms with van der Waals surface area (Å²) in [6, 6.07) is 6.75. The van der Waals surface area contributed by atoms with Gasteiger partial charge in [-0.05, 0) is 80.1 Å². The fourth-order valence-corrected chi connectivity index (χ4v) is 7.66. The maximum absolute atomic E-state index is 15.0. The van der Waals surface area contributed by atoms with E-state index in [1.165, 1.54) is 13.8 Å². The molecule has 1 aromatic carbocycles. The van der Waals surface area contributed by atoms with E-state index in [1.54, 1.807) is 30.3 Å². The van der Waals surface area contributed by atoms with Crippen molar-refractivity contribution < 1.29 is 36.6 Å². The van der Waals surface area contributed by atoms with Gasteiger partial charge in [-0.15, -0.1) is 0 Å². The van der Waals surface area contributed by atoms with E-state index < -0.39 is 41.4 Å². The van der Waals surface area contributed by atoms with Crippen molar-refractivity contribution in [3.8, 4) is 0 Å². The van der Waals surface area contributed by atoms with Gasteiger partial charge in [-0.2, -0.15) is 22.0 Å². The molecular weight excluding hydrogens is 479 g/mol. The molecule has 0 radical (unpaired) electrons. The van der Waals surface area contributed by atoms with Crippen molar-refractivity contribution in [2.75, 3.05) is 0 Å². The molecule has 0 saturated heterocycles. The van der Waals surface area contributed by atoms with Gasteiger partial charge in [0, 0.05) is 23.3 Å². The van der Waals surface area contributed by atoms with E-state index in [2.05, 4.69) is 0 Å². The lowest BCUT2D eigenvalue weighted by Gasteiger charge is -2.56. The average Bonchev–Trinajstić information content (AvgIpc) is 3.09. The number of rotatable bonds is 3. The molecule has 1 aromatic rings. The third-order valence-corrected chi connectivity index (χ3v) is 9.48. The Hall–Kier alpha value is -2.35. The molecule has 0 bridgehead atoms. The molecule has 194 valence electrons. The Morgan fingerprint density at radius 3 is 2.31 bits per heavy atom. The van der Waals surface area contributed by atoms with Crippen LogP contribution in [-0.2, 0) is 4.79 Å². The highest BCUT2D eigenvalue weighted by Gasteiger charge is 2.79. The van der Waals surface area contributed by atoms with Crippen molar-refractivity contribution in [3.63, 3.8) is 0 Å². The summed E-state index contributed by atoms with van der Waals surface area (Å²) < 4.78 is 70.7. The number of ketones is 2. The Bertz CT molecular complexity index is 1180. The van der Waals surface area contributed by atoms with Gasteiger partial charge >= 0.3 is 12.1 Å². The third-order valence-electron chi connectivity index (χ3n) is 9.48. The minimum atomic E-state index is -5.87. The zero-order valence-corrected chi connectivity index (χ0v) is 20.2. The molecule has 4 aliphatic rings. The number of alkyl halides is 5. The van der Waals surface area contributed by atoms with Gasteiger partial charge in [0.1, 0.15) is 5.60 Å². The van der Waals surface area contributed by atoms with E-state index in [9.17, 15) is 36.6 Å². The van der Waals surface area contributed by atoms with Crippen LogP contribution in [0.3, 0.4) is 0 Å². The van der Waals surface area contributed by atoms with E-state index in [0.717, 1.165) is 22.3 Å². The Balaban J connectivity index is 1.69. The number of hydrogen-bond acceptors (Lipinski definition) is 3. The molecule has 8 heteroatoms. The highest BCUT2D eigenvalue weighted by molar-refractivity contribution is 5.94. The lowest BCUT2D eigenvalue weighted by Crippen LogP contribution is -2.65. The maximum atomic E-state index is 15.0. The second kappa shape index (κ2) is 8.07. The van der Waals surface area contributed by atoms with Gasteiger partial charge in [-0.25, -0.2) is 0 Å². The molecule has 0 aromatic heterocycles. The number of hydrogen-bond donors (Lipinski definition) is 1. The van der Waals surface area contributed by atoms with E-state index in [4.69, 9.17) is 0 Å². The summed E-state index contributed by atoms with van der Waals surface area (Å²) in [5, 5.41) is 11.3. The van der Waals surface area contributed by atoms with Crippen LogP contribution in [0.25, 0.3) is 0 Å². The number of benzene rings is 1. The van der Waals surface area contributed by atoms with Gasteiger partial charge < -0.3 is 5.11 Å². The van der Waals surface area contributed by atoms with Crippen LogP contribution < -0.4 is 0 Å². The summed E-state index contributed by atoms with van der Waals surface area (Å²) in [5.41, 5.74) is -0.758. The molecule has 36 heavy (non-hydrogen) atoms. The number of halogens is 5. The molecule has 5 atom stereocenters. The minimum absolute atomic E-state index is 0.0378. The van der Waals surface area contributed by atoms with E-state index in [1.807, 2.05) is 0 Å². The number of carbonyl (C=O) groups excluding carboxylic acids is 2. The largest absolute Gasteiger partial charge is 0.456 e. The Labute approximate surface area is 206 Å². The third kappa shape index (κ3) is 3.39. The van der Waals surface area contributed by atoms with E-state index >= 15 is 0 Å². The predicted octanol–water partition coefficient (Wildman–Crippen LogP) is 6.72. The maximum Gasteiger partial charge on any atom is 0.456 e. The van der Waals surface area contributed by atoms with Gasteiger partial charge in [-0.1, -0.05) is 36.8 Å². The van der Waals surface area contributed by atoms with Gasteiger partial charge in [-0.3, -0.25) is 9.59 Å². The first kappa shape index (κ1) is 25.3. The lowest BCUT2D eigenvalue weighted by molar-refractivity contribution is -0.362. The molecule has 2 saturated carbocycles. The highest BCUT2D eigenvalue weighted by atomic mass is 19.4. The summed E-state index contributed by atoms with van der Waals surface area (Å²) in [6.45, 7) is 2.83. The molecule has 3 nitrogen and oxygen atoms in total. The van der Waals surface area contributed by atoms with Crippen molar-refractivity contribution in [3.05, 3.63) is 58.2 Å². The predicted molar refractivity (Wildman–Crippen MR) is 123 cm³/mol. The summed E-state index contributed by atoms with van der Waals surface area (Å²) in [7, 11) is 0. The summed E-state index contributed by atoms with van der Waals surface area (Å²) in [4.78, 5) is 23.9. The van der Waals surface area contributed by atoms with Crippen LogP contribution in [-0.4, -0.2) is 34.4 Å². The Morgan fingerprint density at radius 1 is 1.03 bits per heavy atom. The van der Waals surface area contributed by atoms with Crippen LogP contribution >= 0.6 is 0 Å². The van der Waals surface area contributed by atoms with E-state index in [0.29, 0.717) is 31.2 Å². The molecule has 4 aliphatic carbocycles. The first-order valence-corrected chi connectivity index (χ1v) is 12.5. The standard InChI is InChI=1S/C28H29F5O3/c1-15(34)16-3-5-17(6-4-16)22-14-25(2)23(11-12-26(25,36)27(29,30)28(31,32)33)21-9-7-18-13-19(35)8-10-20(18)24(21)22/h3-6,13,21-23,36H,7-12,14H2,1-2H3/t21?,22-,23?,25+,26+/m1/s1. The van der Waals surface area contributed by atoms with Crippen molar-refractivity contribution in [2.45, 2.75) is 82.4 Å². The molecule has 0 spiro atoms. The number of fused-ring (bicyclic) bond motifs is 4. The van der Waals surface area contributed by atoms with Crippen LogP contribution in [0.4, 0.5) is 22.0 Å². The molecule has 2 unspecified atom stereocenters. The lowest BCUT2D eigenvalue weighted by atomic mass is 9.50. The number of carbonyl (C=O) groups is 2. The fourth-order valence-electron chi connectivity index (χ4n) is 7.66. The highest BCUT2D eigenvalue weighted by Crippen LogP contribution is 2.70.